The number of benzene rings is 2. The molecule has 3 aromatic rings. The van der Waals surface area contributed by atoms with Gasteiger partial charge in [-0.1, -0.05) is 11.6 Å². The SMILES string of the molecule is COc1ccc2nc3cc(Cl)ccc3c(NCC(C)=O)c2c1. The molecule has 0 aliphatic heterocycles. The van der Waals surface area contributed by atoms with E-state index >= 15 is 0 Å². The van der Waals surface area contributed by atoms with E-state index in [1.165, 1.54) is 0 Å². The van der Waals surface area contributed by atoms with E-state index in [2.05, 4.69) is 10.3 Å². The first-order valence-electron chi connectivity index (χ1n) is 6.89. The zero-order valence-corrected chi connectivity index (χ0v) is 13.1. The highest BCUT2D eigenvalue weighted by Crippen LogP contribution is 2.34. The van der Waals surface area contributed by atoms with Crippen LogP contribution in [-0.2, 0) is 4.79 Å². The summed E-state index contributed by atoms with van der Waals surface area (Å²) in [6, 6.07) is 11.2. The lowest BCUT2D eigenvalue weighted by atomic mass is 10.1. The third-order valence-electron chi connectivity index (χ3n) is 3.46. The first-order valence-corrected chi connectivity index (χ1v) is 7.26. The second-order valence-electron chi connectivity index (χ2n) is 5.09. The second-order valence-corrected chi connectivity index (χ2v) is 5.52. The van der Waals surface area contributed by atoms with Gasteiger partial charge < -0.3 is 10.1 Å². The lowest BCUT2D eigenvalue weighted by Crippen LogP contribution is -2.10. The van der Waals surface area contributed by atoms with Crippen molar-refractivity contribution < 1.29 is 9.53 Å². The van der Waals surface area contributed by atoms with Gasteiger partial charge in [-0.25, -0.2) is 4.98 Å². The van der Waals surface area contributed by atoms with E-state index in [0.717, 1.165) is 33.2 Å². The monoisotopic (exact) mass is 314 g/mol. The molecule has 0 fully saturated rings. The fourth-order valence-electron chi connectivity index (χ4n) is 2.43. The number of anilines is 1. The summed E-state index contributed by atoms with van der Waals surface area (Å²) in [7, 11) is 1.62. The lowest BCUT2D eigenvalue weighted by Gasteiger charge is -2.13. The van der Waals surface area contributed by atoms with Gasteiger partial charge in [0.25, 0.3) is 0 Å². The number of hydrogen-bond donors (Lipinski definition) is 1. The van der Waals surface area contributed by atoms with Crippen LogP contribution in [0.3, 0.4) is 0 Å². The molecule has 2 aromatic carbocycles. The number of rotatable bonds is 4. The van der Waals surface area contributed by atoms with E-state index in [1.807, 2.05) is 36.4 Å². The Balaban J connectivity index is 2.31. The van der Waals surface area contributed by atoms with Crippen LogP contribution < -0.4 is 10.1 Å². The number of nitrogens with one attached hydrogen (secondary N) is 1. The minimum absolute atomic E-state index is 0.0648. The fourth-order valence-corrected chi connectivity index (χ4v) is 2.59. The van der Waals surface area contributed by atoms with Crippen molar-refractivity contribution in [2.75, 3.05) is 19.0 Å². The predicted octanol–water partition coefficient (Wildman–Crippen LogP) is 4.05. The van der Waals surface area contributed by atoms with Gasteiger partial charge >= 0.3 is 0 Å². The van der Waals surface area contributed by atoms with Crippen LogP contribution in [0.1, 0.15) is 6.92 Å². The number of pyridine rings is 1. The zero-order valence-electron chi connectivity index (χ0n) is 12.3. The Morgan fingerprint density at radius 2 is 2.00 bits per heavy atom. The largest absolute Gasteiger partial charge is 0.497 e. The summed E-state index contributed by atoms with van der Waals surface area (Å²) in [6.45, 7) is 1.81. The van der Waals surface area contributed by atoms with E-state index in [9.17, 15) is 4.79 Å². The molecule has 1 aromatic heterocycles. The number of carbonyl (C=O) groups excluding carboxylic acids is 1. The third-order valence-corrected chi connectivity index (χ3v) is 3.69. The quantitative estimate of drug-likeness (QED) is 0.738. The van der Waals surface area contributed by atoms with Crippen LogP contribution in [0, 0.1) is 0 Å². The molecular formula is C17H15ClN2O2. The van der Waals surface area contributed by atoms with Crippen LogP contribution >= 0.6 is 11.6 Å². The molecule has 0 aliphatic rings. The van der Waals surface area contributed by atoms with Gasteiger partial charge in [-0.15, -0.1) is 0 Å². The second kappa shape index (κ2) is 5.81. The highest BCUT2D eigenvalue weighted by molar-refractivity contribution is 6.31. The molecule has 0 amide bonds. The number of Topliss-reactive ketones (excluding diaryl/α,β-unsaturated/α-hetero) is 1. The summed E-state index contributed by atoms with van der Waals surface area (Å²) in [5, 5.41) is 5.68. The Morgan fingerprint density at radius 1 is 1.18 bits per heavy atom. The van der Waals surface area contributed by atoms with Crippen molar-refractivity contribution in [3.8, 4) is 5.75 Å². The molecule has 1 heterocycles. The maximum atomic E-state index is 11.3. The molecule has 0 bridgehead atoms. The minimum atomic E-state index is 0.0648. The van der Waals surface area contributed by atoms with E-state index in [1.54, 1.807) is 14.0 Å². The van der Waals surface area contributed by atoms with Crippen molar-refractivity contribution in [3.63, 3.8) is 0 Å². The summed E-state index contributed by atoms with van der Waals surface area (Å²) in [4.78, 5) is 16.0. The Hall–Kier alpha value is -2.33. The average molecular weight is 315 g/mol. The third kappa shape index (κ3) is 2.70. The number of ether oxygens (including phenoxy) is 1. The maximum Gasteiger partial charge on any atom is 0.148 e. The van der Waals surface area contributed by atoms with Gasteiger partial charge in [0.15, 0.2) is 0 Å². The van der Waals surface area contributed by atoms with Crippen LogP contribution in [0.2, 0.25) is 5.02 Å². The number of halogens is 1. The normalized spacial score (nSPS) is 10.9. The van der Waals surface area contributed by atoms with Gasteiger partial charge in [-0.3, -0.25) is 4.79 Å². The number of nitrogens with zero attached hydrogens (tertiary/aromatic N) is 1. The molecule has 22 heavy (non-hydrogen) atoms. The molecule has 1 N–H and O–H groups in total. The fraction of sp³-hybridized carbons (Fsp3) is 0.176. The summed E-state index contributed by atoms with van der Waals surface area (Å²) in [5.41, 5.74) is 2.48. The topological polar surface area (TPSA) is 51.2 Å². The molecule has 0 saturated carbocycles. The number of aromatic nitrogens is 1. The molecule has 0 radical (unpaired) electrons. The Bertz CT molecular complexity index is 877. The van der Waals surface area contributed by atoms with Crippen LogP contribution in [0.4, 0.5) is 5.69 Å². The van der Waals surface area contributed by atoms with Gasteiger partial charge in [-0.05, 0) is 43.3 Å². The molecule has 0 saturated heterocycles. The van der Waals surface area contributed by atoms with E-state index in [4.69, 9.17) is 16.3 Å². The average Bonchev–Trinajstić information content (AvgIpc) is 2.50. The maximum absolute atomic E-state index is 11.3. The highest BCUT2D eigenvalue weighted by Gasteiger charge is 2.11. The van der Waals surface area contributed by atoms with E-state index in [0.29, 0.717) is 5.02 Å². The minimum Gasteiger partial charge on any atom is -0.497 e. The lowest BCUT2D eigenvalue weighted by molar-refractivity contribution is -0.115. The Labute approximate surface area is 133 Å². The van der Waals surface area contributed by atoms with Crippen LogP contribution in [0.15, 0.2) is 36.4 Å². The summed E-state index contributed by atoms with van der Waals surface area (Å²) < 4.78 is 5.29. The van der Waals surface area contributed by atoms with Crippen molar-refractivity contribution in [2.24, 2.45) is 0 Å². The van der Waals surface area contributed by atoms with Crippen molar-refractivity contribution in [1.82, 2.24) is 4.98 Å². The van der Waals surface area contributed by atoms with Gasteiger partial charge in [0.1, 0.15) is 11.5 Å². The van der Waals surface area contributed by atoms with Gasteiger partial charge in [0.05, 0.1) is 30.4 Å². The van der Waals surface area contributed by atoms with Crippen LogP contribution in [-0.4, -0.2) is 24.4 Å². The molecule has 0 aliphatic carbocycles. The number of carbonyl (C=O) groups is 1. The first-order chi connectivity index (χ1) is 10.6. The standard InChI is InChI=1S/C17H15ClN2O2/c1-10(21)9-19-17-13-5-3-11(18)7-16(13)20-15-6-4-12(22-2)8-14(15)17/h3-8H,9H2,1-2H3,(H,19,20). The summed E-state index contributed by atoms with van der Waals surface area (Å²) >= 11 is 6.06. The van der Waals surface area contributed by atoms with Crippen molar-refractivity contribution in [3.05, 3.63) is 41.4 Å². The predicted molar refractivity (Wildman–Crippen MR) is 90.0 cm³/mol. The Morgan fingerprint density at radius 3 is 2.73 bits per heavy atom. The molecule has 0 unspecified atom stereocenters. The Kier molecular flexibility index (Phi) is 3.86. The number of methoxy groups -OCH3 is 1. The van der Waals surface area contributed by atoms with Crippen molar-refractivity contribution in [2.45, 2.75) is 6.92 Å². The molecule has 0 spiro atoms. The molecule has 4 nitrogen and oxygen atoms in total. The van der Waals surface area contributed by atoms with Gasteiger partial charge in [0, 0.05) is 15.8 Å². The molecule has 112 valence electrons. The summed E-state index contributed by atoms with van der Waals surface area (Å²) in [6.07, 6.45) is 0. The van der Waals surface area contributed by atoms with Crippen LogP contribution in [0.5, 0.6) is 5.75 Å². The highest BCUT2D eigenvalue weighted by atomic mass is 35.5. The molecule has 3 rings (SSSR count). The van der Waals surface area contributed by atoms with Gasteiger partial charge in [0.2, 0.25) is 0 Å². The number of fused-ring (bicyclic) bond motifs is 2. The molecule has 5 heteroatoms. The zero-order chi connectivity index (χ0) is 15.7. The van der Waals surface area contributed by atoms with Crippen molar-refractivity contribution >= 4 is 44.9 Å². The van der Waals surface area contributed by atoms with Crippen LogP contribution in [0.25, 0.3) is 21.8 Å². The van der Waals surface area contributed by atoms with E-state index < -0.39 is 0 Å². The van der Waals surface area contributed by atoms with Crippen molar-refractivity contribution in [1.29, 1.82) is 0 Å². The summed E-state index contributed by atoms with van der Waals surface area (Å²) in [5.74, 6) is 0.809. The van der Waals surface area contributed by atoms with E-state index in [-0.39, 0.29) is 12.3 Å². The molecular weight excluding hydrogens is 300 g/mol. The number of ketones is 1. The first kappa shape index (κ1) is 14.6. The van der Waals surface area contributed by atoms with Gasteiger partial charge in [-0.2, -0.15) is 0 Å². The smallest absolute Gasteiger partial charge is 0.148 e. The number of hydrogen-bond acceptors (Lipinski definition) is 4. The molecule has 0 atom stereocenters.